The Morgan fingerprint density at radius 3 is 2.73 bits per heavy atom. The molecule has 0 fully saturated rings. The molecule has 2 aromatic heterocycles. The number of guanidine groups is 1. The lowest BCUT2D eigenvalue weighted by molar-refractivity contribution is 0.461. The van der Waals surface area contributed by atoms with E-state index in [0.717, 1.165) is 46.6 Å². The number of imidazole rings is 1. The van der Waals surface area contributed by atoms with Gasteiger partial charge in [0.25, 0.3) is 0 Å². The molecule has 26 heavy (non-hydrogen) atoms. The molecule has 0 radical (unpaired) electrons. The second-order valence-corrected chi connectivity index (χ2v) is 6.80. The van der Waals surface area contributed by atoms with E-state index >= 15 is 0 Å². The van der Waals surface area contributed by atoms with Crippen molar-refractivity contribution in [3.63, 3.8) is 0 Å². The number of fused-ring (bicyclic) bond motifs is 1. The first-order chi connectivity index (χ1) is 12.5. The summed E-state index contributed by atoms with van der Waals surface area (Å²) in [6, 6.07) is 10.1. The second-order valence-electron chi connectivity index (χ2n) is 6.36. The van der Waals surface area contributed by atoms with Crippen LogP contribution in [0, 0.1) is 0 Å². The molecule has 0 saturated heterocycles. The number of aryl methyl sites for hydroxylation is 2. The summed E-state index contributed by atoms with van der Waals surface area (Å²) in [6.45, 7) is 4.11. The van der Waals surface area contributed by atoms with Crippen molar-refractivity contribution in [2.24, 2.45) is 19.1 Å². The van der Waals surface area contributed by atoms with E-state index < -0.39 is 0 Å². The molecule has 0 atom stereocenters. The van der Waals surface area contributed by atoms with Gasteiger partial charge in [0, 0.05) is 39.6 Å². The van der Waals surface area contributed by atoms with Crippen molar-refractivity contribution in [2.75, 3.05) is 13.6 Å². The van der Waals surface area contributed by atoms with Crippen molar-refractivity contribution >= 4 is 28.6 Å². The monoisotopic (exact) mass is 372 g/mol. The molecule has 0 aliphatic rings. The SMILES string of the molecule is CCNC(=NCc1nc2ccccc2n1C)N(C)Cc1cc(Cl)cn1C. The van der Waals surface area contributed by atoms with Gasteiger partial charge >= 0.3 is 0 Å². The fourth-order valence-corrected chi connectivity index (χ4v) is 3.27. The Morgan fingerprint density at radius 1 is 1.31 bits per heavy atom. The zero-order valence-electron chi connectivity index (χ0n) is 15.7. The number of nitrogens with one attached hydrogen (secondary N) is 1. The van der Waals surface area contributed by atoms with Crippen LogP contribution in [0.5, 0.6) is 0 Å². The van der Waals surface area contributed by atoms with Gasteiger partial charge in [-0.3, -0.25) is 0 Å². The Labute approximate surface area is 159 Å². The third-order valence-corrected chi connectivity index (χ3v) is 4.63. The van der Waals surface area contributed by atoms with Crippen LogP contribution in [0.2, 0.25) is 5.02 Å². The van der Waals surface area contributed by atoms with Gasteiger partial charge in [0.1, 0.15) is 12.4 Å². The minimum atomic E-state index is 0.520. The van der Waals surface area contributed by atoms with Gasteiger partial charge in [0.2, 0.25) is 0 Å². The van der Waals surface area contributed by atoms with E-state index in [9.17, 15) is 0 Å². The quantitative estimate of drug-likeness (QED) is 0.553. The molecule has 0 bridgehead atoms. The lowest BCUT2D eigenvalue weighted by Crippen LogP contribution is -2.38. The molecule has 0 unspecified atom stereocenters. The first kappa shape index (κ1) is 18.3. The third kappa shape index (κ3) is 3.85. The van der Waals surface area contributed by atoms with Crippen LogP contribution in [0.4, 0.5) is 0 Å². The largest absolute Gasteiger partial charge is 0.357 e. The molecule has 0 amide bonds. The highest BCUT2D eigenvalue weighted by molar-refractivity contribution is 6.30. The molecule has 3 rings (SSSR count). The molecule has 0 aliphatic carbocycles. The number of aromatic nitrogens is 3. The van der Waals surface area contributed by atoms with E-state index in [-0.39, 0.29) is 0 Å². The summed E-state index contributed by atoms with van der Waals surface area (Å²) in [5.41, 5.74) is 3.25. The van der Waals surface area contributed by atoms with Gasteiger partial charge in [0.15, 0.2) is 5.96 Å². The summed E-state index contributed by atoms with van der Waals surface area (Å²) in [5.74, 6) is 1.79. The Kier molecular flexibility index (Phi) is 5.52. The summed E-state index contributed by atoms with van der Waals surface area (Å²) < 4.78 is 4.13. The predicted molar refractivity (Wildman–Crippen MR) is 107 cm³/mol. The van der Waals surface area contributed by atoms with Gasteiger partial charge in [-0.05, 0) is 25.1 Å². The molecule has 0 aliphatic heterocycles. The van der Waals surface area contributed by atoms with Crippen molar-refractivity contribution in [2.45, 2.75) is 20.0 Å². The summed E-state index contributed by atoms with van der Waals surface area (Å²) >= 11 is 6.09. The van der Waals surface area contributed by atoms with Gasteiger partial charge < -0.3 is 19.4 Å². The Balaban J connectivity index is 1.79. The van der Waals surface area contributed by atoms with Crippen LogP contribution in [-0.2, 0) is 27.2 Å². The number of aliphatic imine (C=N–C) groups is 1. The molecule has 138 valence electrons. The Bertz CT molecular complexity index is 923. The average molecular weight is 373 g/mol. The number of hydrogen-bond acceptors (Lipinski definition) is 2. The fraction of sp³-hybridized carbons (Fsp3) is 0.368. The van der Waals surface area contributed by atoms with E-state index in [1.807, 2.05) is 56.2 Å². The van der Waals surface area contributed by atoms with E-state index in [0.29, 0.717) is 6.54 Å². The number of para-hydroxylation sites is 2. The molecular weight excluding hydrogens is 348 g/mol. The highest BCUT2D eigenvalue weighted by Crippen LogP contribution is 2.16. The summed E-state index contributed by atoms with van der Waals surface area (Å²) in [4.78, 5) is 11.6. The van der Waals surface area contributed by atoms with Crippen molar-refractivity contribution in [1.29, 1.82) is 0 Å². The zero-order valence-corrected chi connectivity index (χ0v) is 16.5. The normalized spacial score (nSPS) is 12.0. The van der Waals surface area contributed by atoms with E-state index in [1.165, 1.54) is 0 Å². The maximum Gasteiger partial charge on any atom is 0.194 e. The van der Waals surface area contributed by atoms with Crippen molar-refractivity contribution < 1.29 is 0 Å². The standard InChI is InChI=1S/C19H25ClN6/c1-5-21-19(25(3)13-15-10-14(20)12-24(15)2)22-11-18-23-16-8-6-7-9-17(16)26(18)4/h6-10,12H,5,11,13H2,1-4H3,(H,21,22). The molecule has 7 heteroatoms. The van der Waals surface area contributed by atoms with Gasteiger partial charge in [-0.25, -0.2) is 9.98 Å². The third-order valence-electron chi connectivity index (χ3n) is 4.42. The maximum atomic E-state index is 6.09. The number of rotatable bonds is 5. The van der Waals surface area contributed by atoms with Crippen LogP contribution in [0.25, 0.3) is 11.0 Å². The van der Waals surface area contributed by atoms with E-state index in [2.05, 4.69) is 27.8 Å². The van der Waals surface area contributed by atoms with Gasteiger partial charge in [-0.1, -0.05) is 23.7 Å². The minimum Gasteiger partial charge on any atom is -0.357 e. The Morgan fingerprint density at radius 2 is 2.08 bits per heavy atom. The summed E-state index contributed by atoms with van der Waals surface area (Å²) in [5, 5.41) is 4.10. The topological polar surface area (TPSA) is 50.4 Å². The fourth-order valence-electron chi connectivity index (χ4n) is 2.99. The zero-order chi connectivity index (χ0) is 18.7. The summed E-state index contributed by atoms with van der Waals surface area (Å²) in [7, 11) is 6.05. The predicted octanol–water partition coefficient (Wildman–Crippen LogP) is 3.16. The molecular formula is C19H25ClN6. The van der Waals surface area contributed by atoms with E-state index in [1.54, 1.807) is 0 Å². The van der Waals surface area contributed by atoms with Crippen LogP contribution in [-0.4, -0.2) is 38.6 Å². The first-order valence-electron chi connectivity index (χ1n) is 8.70. The van der Waals surface area contributed by atoms with Gasteiger partial charge in [-0.2, -0.15) is 0 Å². The molecule has 6 nitrogen and oxygen atoms in total. The van der Waals surface area contributed by atoms with Gasteiger partial charge in [0.05, 0.1) is 22.6 Å². The Hall–Kier alpha value is -2.47. The smallest absolute Gasteiger partial charge is 0.194 e. The number of benzene rings is 1. The molecule has 0 saturated carbocycles. The highest BCUT2D eigenvalue weighted by Gasteiger charge is 2.11. The molecule has 3 aromatic rings. The lowest BCUT2D eigenvalue weighted by Gasteiger charge is -2.22. The second kappa shape index (κ2) is 7.83. The number of hydrogen-bond donors (Lipinski definition) is 1. The van der Waals surface area contributed by atoms with Crippen LogP contribution >= 0.6 is 11.6 Å². The minimum absolute atomic E-state index is 0.520. The maximum absolute atomic E-state index is 6.09. The average Bonchev–Trinajstić information content (AvgIpc) is 3.10. The first-order valence-corrected chi connectivity index (χ1v) is 9.08. The van der Waals surface area contributed by atoms with Crippen LogP contribution < -0.4 is 5.32 Å². The number of halogens is 1. The molecule has 1 aromatic carbocycles. The number of nitrogens with zero attached hydrogens (tertiary/aromatic N) is 5. The molecule has 2 heterocycles. The van der Waals surface area contributed by atoms with Crippen LogP contribution in [0.15, 0.2) is 41.5 Å². The lowest BCUT2D eigenvalue weighted by atomic mass is 10.3. The van der Waals surface area contributed by atoms with Crippen molar-refractivity contribution in [3.05, 3.63) is 53.1 Å². The van der Waals surface area contributed by atoms with Gasteiger partial charge in [-0.15, -0.1) is 0 Å². The van der Waals surface area contributed by atoms with Crippen molar-refractivity contribution in [1.82, 2.24) is 24.3 Å². The summed E-state index contributed by atoms with van der Waals surface area (Å²) in [6.07, 6.45) is 1.91. The highest BCUT2D eigenvalue weighted by atomic mass is 35.5. The molecule has 0 spiro atoms. The van der Waals surface area contributed by atoms with Crippen LogP contribution in [0.3, 0.4) is 0 Å². The van der Waals surface area contributed by atoms with Crippen molar-refractivity contribution in [3.8, 4) is 0 Å². The molecule has 1 N–H and O–H groups in total. The van der Waals surface area contributed by atoms with Crippen LogP contribution in [0.1, 0.15) is 18.4 Å². The van der Waals surface area contributed by atoms with E-state index in [4.69, 9.17) is 21.6 Å².